The molecule has 176 valence electrons. The Labute approximate surface area is 194 Å². The van der Waals surface area contributed by atoms with Crippen molar-refractivity contribution in [3.05, 3.63) is 41.6 Å². The molecular formula is C24H34N2O5S. The summed E-state index contributed by atoms with van der Waals surface area (Å²) in [4.78, 5) is 28.4. The lowest BCUT2D eigenvalue weighted by atomic mass is 9.92. The summed E-state index contributed by atoms with van der Waals surface area (Å²) in [6, 6.07) is 7.46. The zero-order valence-corrected chi connectivity index (χ0v) is 20.2. The van der Waals surface area contributed by atoms with Gasteiger partial charge in [0.05, 0.1) is 19.2 Å². The lowest BCUT2D eigenvalue weighted by Crippen LogP contribution is -2.60. The number of hydrogen-bond acceptors (Lipinski definition) is 5. The highest BCUT2D eigenvalue weighted by molar-refractivity contribution is 7.98. The summed E-state index contributed by atoms with van der Waals surface area (Å²) >= 11 is 1.77. The molecule has 1 heterocycles. The molecule has 1 aromatic rings. The van der Waals surface area contributed by atoms with Crippen molar-refractivity contribution in [1.82, 2.24) is 9.80 Å². The van der Waals surface area contributed by atoms with E-state index in [1.807, 2.05) is 51.1 Å². The molecule has 1 saturated heterocycles. The van der Waals surface area contributed by atoms with Gasteiger partial charge in [-0.25, -0.2) is 9.59 Å². The van der Waals surface area contributed by atoms with Gasteiger partial charge in [-0.3, -0.25) is 9.80 Å². The van der Waals surface area contributed by atoms with Crippen LogP contribution in [0.4, 0.5) is 9.59 Å². The van der Waals surface area contributed by atoms with Crippen LogP contribution in [0, 0.1) is 0 Å². The van der Waals surface area contributed by atoms with Crippen LogP contribution in [0.5, 0.6) is 5.75 Å². The van der Waals surface area contributed by atoms with Crippen LogP contribution in [-0.2, 0) is 10.5 Å². The maximum Gasteiger partial charge on any atom is 0.414 e. The molecule has 32 heavy (non-hydrogen) atoms. The van der Waals surface area contributed by atoms with Crippen LogP contribution >= 0.6 is 11.8 Å². The molecule has 8 heteroatoms. The van der Waals surface area contributed by atoms with Gasteiger partial charge in [-0.1, -0.05) is 18.2 Å². The quantitative estimate of drug-likeness (QED) is 0.574. The monoisotopic (exact) mass is 462 g/mol. The average molecular weight is 463 g/mol. The fourth-order valence-corrected chi connectivity index (χ4v) is 5.21. The summed E-state index contributed by atoms with van der Waals surface area (Å²) in [7, 11) is 1.65. The molecule has 2 amide bonds. The number of hydrogen-bond donors (Lipinski definition) is 1. The number of benzene rings is 1. The van der Waals surface area contributed by atoms with E-state index >= 15 is 0 Å². The Morgan fingerprint density at radius 1 is 1.22 bits per heavy atom. The van der Waals surface area contributed by atoms with E-state index in [1.54, 1.807) is 23.8 Å². The number of piperazine rings is 1. The van der Waals surface area contributed by atoms with Gasteiger partial charge in [-0.15, -0.1) is 0 Å². The zero-order chi connectivity index (χ0) is 23.3. The van der Waals surface area contributed by atoms with E-state index < -0.39 is 11.7 Å². The molecular weight excluding hydrogens is 428 g/mol. The zero-order valence-electron chi connectivity index (χ0n) is 19.4. The van der Waals surface area contributed by atoms with Crippen molar-refractivity contribution < 1.29 is 24.2 Å². The molecule has 3 rings (SSSR count). The minimum atomic E-state index is -0.928. The first kappa shape index (κ1) is 24.3. The molecule has 7 nitrogen and oxygen atoms in total. The Morgan fingerprint density at radius 2 is 1.94 bits per heavy atom. The molecule has 0 spiro atoms. The lowest BCUT2D eigenvalue weighted by molar-refractivity contribution is 0.00162. The van der Waals surface area contributed by atoms with Gasteiger partial charge in [0.25, 0.3) is 0 Å². The fraction of sp³-hybridized carbons (Fsp3) is 0.583. The predicted octanol–water partition coefficient (Wildman–Crippen LogP) is 5.35. The van der Waals surface area contributed by atoms with Gasteiger partial charge >= 0.3 is 12.2 Å². The number of carbonyl (C=O) groups excluding carboxylic acids is 1. The number of rotatable bonds is 6. The summed E-state index contributed by atoms with van der Waals surface area (Å²) in [6.45, 7) is 5.86. The maximum absolute atomic E-state index is 13.1. The molecule has 0 radical (unpaired) electrons. The average Bonchev–Trinajstić information content (AvgIpc) is 2.75. The van der Waals surface area contributed by atoms with Gasteiger partial charge in [0.15, 0.2) is 0 Å². The number of fused-ring (bicyclic) bond motifs is 1. The standard InChI is InChI=1S/C24H34N2O5S/c1-24(2,3)31-23(29)26-18(13-14-32-16-17-9-11-19(30-4)12-10-17)15-25(22(27)28)20-7-5-6-8-21(20)26/h8-12,18,20H,5-7,13-16H2,1-4H3,(H,27,28). The topological polar surface area (TPSA) is 79.3 Å². The van der Waals surface area contributed by atoms with E-state index in [0.29, 0.717) is 13.0 Å². The molecule has 1 fully saturated rings. The Bertz CT molecular complexity index is 834. The molecule has 0 bridgehead atoms. The van der Waals surface area contributed by atoms with Gasteiger partial charge in [-0.05, 0) is 69.9 Å². The van der Waals surface area contributed by atoms with E-state index in [1.165, 1.54) is 10.5 Å². The summed E-state index contributed by atoms with van der Waals surface area (Å²) in [5.41, 5.74) is 1.37. The van der Waals surface area contributed by atoms with Gasteiger partial charge in [0.1, 0.15) is 11.4 Å². The Balaban J connectivity index is 1.71. The van der Waals surface area contributed by atoms with E-state index in [-0.39, 0.29) is 18.2 Å². The molecule has 1 N–H and O–H groups in total. The van der Waals surface area contributed by atoms with Crippen molar-refractivity contribution in [2.24, 2.45) is 0 Å². The Hall–Kier alpha value is -2.35. The minimum Gasteiger partial charge on any atom is -0.497 e. The van der Waals surface area contributed by atoms with E-state index in [4.69, 9.17) is 9.47 Å². The Morgan fingerprint density at radius 3 is 2.56 bits per heavy atom. The molecule has 0 aromatic heterocycles. The lowest BCUT2D eigenvalue weighted by Gasteiger charge is -2.48. The van der Waals surface area contributed by atoms with Crippen LogP contribution in [0.2, 0.25) is 0 Å². The third-order valence-corrected chi connectivity index (χ3v) is 6.72. The summed E-state index contributed by atoms with van der Waals surface area (Å²) in [5.74, 6) is 2.48. The van der Waals surface area contributed by atoms with Crippen molar-refractivity contribution in [2.75, 3.05) is 19.4 Å². The Kier molecular flexibility index (Phi) is 7.98. The van der Waals surface area contributed by atoms with Crippen LogP contribution < -0.4 is 4.74 Å². The molecule has 0 saturated carbocycles. The summed E-state index contributed by atoms with van der Waals surface area (Å²) < 4.78 is 10.9. The summed E-state index contributed by atoms with van der Waals surface area (Å²) in [5, 5.41) is 9.82. The number of nitrogens with zero attached hydrogens (tertiary/aromatic N) is 2. The first-order valence-electron chi connectivity index (χ1n) is 11.1. The first-order valence-corrected chi connectivity index (χ1v) is 12.3. The van der Waals surface area contributed by atoms with E-state index in [9.17, 15) is 14.7 Å². The molecule has 1 aromatic carbocycles. The second kappa shape index (κ2) is 10.5. The van der Waals surface area contributed by atoms with Crippen LogP contribution in [0.15, 0.2) is 36.0 Å². The highest BCUT2D eigenvalue weighted by atomic mass is 32.2. The number of ether oxygens (including phenoxy) is 2. The highest BCUT2D eigenvalue weighted by Crippen LogP contribution is 2.35. The number of amides is 2. The van der Waals surface area contributed by atoms with Gasteiger partial charge in [-0.2, -0.15) is 11.8 Å². The second-order valence-corrected chi connectivity index (χ2v) is 10.3. The van der Waals surface area contributed by atoms with Crippen LogP contribution in [0.25, 0.3) is 0 Å². The molecule has 1 aliphatic carbocycles. The van der Waals surface area contributed by atoms with Crippen molar-refractivity contribution >= 4 is 23.9 Å². The molecule has 2 unspecified atom stereocenters. The molecule has 2 aliphatic rings. The number of carbonyl (C=O) groups is 2. The van der Waals surface area contributed by atoms with E-state index in [2.05, 4.69) is 0 Å². The van der Waals surface area contributed by atoms with Crippen molar-refractivity contribution in [2.45, 2.75) is 69.9 Å². The maximum atomic E-state index is 13.1. The van der Waals surface area contributed by atoms with Gasteiger partial charge < -0.3 is 14.6 Å². The van der Waals surface area contributed by atoms with Gasteiger partial charge in [0.2, 0.25) is 0 Å². The SMILES string of the molecule is COc1ccc(CSCCC2CN(C(=O)O)C3CCCC=C3N2C(=O)OC(C)(C)C)cc1. The van der Waals surface area contributed by atoms with Crippen molar-refractivity contribution in [1.29, 1.82) is 0 Å². The number of thioether (sulfide) groups is 1. The van der Waals surface area contributed by atoms with Gasteiger partial charge in [0, 0.05) is 18.0 Å². The van der Waals surface area contributed by atoms with Crippen LogP contribution in [0.3, 0.4) is 0 Å². The molecule has 1 aliphatic heterocycles. The van der Waals surface area contributed by atoms with Crippen molar-refractivity contribution in [3.63, 3.8) is 0 Å². The third kappa shape index (κ3) is 6.12. The van der Waals surface area contributed by atoms with E-state index in [0.717, 1.165) is 42.2 Å². The fourth-order valence-electron chi connectivity index (χ4n) is 4.19. The largest absolute Gasteiger partial charge is 0.497 e. The number of allylic oxidation sites excluding steroid dienone is 1. The summed E-state index contributed by atoms with van der Waals surface area (Å²) in [6.07, 6.45) is 3.89. The normalized spacial score (nSPS) is 20.9. The van der Waals surface area contributed by atoms with Crippen molar-refractivity contribution in [3.8, 4) is 5.75 Å². The predicted molar refractivity (Wildman–Crippen MR) is 126 cm³/mol. The minimum absolute atomic E-state index is 0.245. The third-order valence-electron chi connectivity index (χ3n) is 5.66. The second-order valence-electron chi connectivity index (χ2n) is 9.20. The van der Waals surface area contributed by atoms with Crippen LogP contribution in [0.1, 0.15) is 52.0 Å². The molecule has 2 atom stereocenters. The number of methoxy groups -OCH3 is 1. The first-order chi connectivity index (χ1) is 15.2. The highest BCUT2D eigenvalue weighted by Gasteiger charge is 2.44. The van der Waals surface area contributed by atoms with Crippen LogP contribution in [-0.4, -0.2) is 64.2 Å². The number of carboxylic acid groups (broad SMARTS) is 1. The smallest absolute Gasteiger partial charge is 0.414 e.